The molecule has 1 atom stereocenters. The molecule has 20 heavy (non-hydrogen) atoms. The van der Waals surface area contributed by atoms with E-state index in [1.165, 1.54) is 16.7 Å². The molecule has 1 aliphatic rings. The molecule has 0 N–H and O–H groups in total. The summed E-state index contributed by atoms with van der Waals surface area (Å²) in [6, 6.07) is 14.4. The molecule has 2 nitrogen and oxygen atoms in total. The van der Waals surface area contributed by atoms with E-state index in [-0.39, 0.29) is 6.10 Å². The number of rotatable bonds is 2. The third-order valence-corrected chi connectivity index (χ3v) is 4.27. The van der Waals surface area contributed by atoms with Gasteiger partial charge in [-0.2, -0.15) is 5.26 Å². The first-order valence-electron chi connectivity index (χ1n) is 6.91. The van der Waals surface area contributed by atoms with Crippen molar-refractivity contribution < 1.29 is 4.74 Å². The molecular formula is C18H17NO. The molecule has 2 aromatic rings. The highest BCUT2D eigenvalue weighted by Crippen LogP contribution is 2.38. The number of benzene rings is 2. The van der Waals surface area contributed by atoms with Gasteiger partial charge in [-0.15, -0.1) is 0 Å². The van der Waals surface area contributed by atoms with Crippen LogP contribution in [-0.2, 0) is 4.74 Å². The van der Waals surface area contributed by atoms with Crippen LogP contribution in [0.25, 0.3) is 16.3 Å². The molecule has 0 fully saturated rings. The fourth-order valence-electron chi connectivity index (χ4n) is 3.18. The zero-order chi connectivity index (χ0) is 14.1. The lowest BCUT2D eigenvalue weighted by Crippen LogP contribution is -2.06. The maximum absolute atomic E-state index is 9.24. The Kier molecular flexibility index (Phi) is 3.30. The van der Waals surface area contributed by atoms with Crippen molar-refractivity contribution in [2.45, 2.75) is 25.9 Å². The monoisotopic (exact) mass is 263 g/mol. The summed E-state index contributed by atoms with van der Waals surface area (Å²) in [6.45, 7) is 2.16. The average Bonchev–Trinajstić information content (AvgIpc) is 2.87. The van der Waals surface area contributed by atoms with E-state index in [4.69, 9.17) is 4.74 Å². The van der Waals surface area contributed by atoms with Crippen LogP contribution in [0.3, 0.4) is 0 Å². The quantitative estimate of drug-likeness (QED) is 0.809. The van der Waals surface area contributed by atoms with Gasteiger partial charge in [-0.3, -0.25) is 0 Å². The summed E-state index contributed by atoms with van der Waals surface area (Å²) in [6.07, 6.45) is 2.33. The first-order valence-corrected chi connectivity index (χ1v) is 6.91. The van der Waals surface area contributed by atoms with Crippen molar-refractivity contribution in [3.05, 3.63) is 53.1 Å². The Morgan fingerprint density at radius 2 is 1.90 bits per heavy atom. The minimum Gasteiger partial charge on any atom is -0.377 e. The van der Waals surface area contributed by atoms with Crippen LogP contribution >= 0.6 is 0 Å². The molecule has 0 spiro atoms. The number of nitrogens with zero attached hydrogens (tertiary/aromatic N) is 1. The first-order chi connectivity index (χ1) is 9.76. The molecule has 0 saturated heterocycles. The molecule has 2 aromatic carbocycles. The predicted octanol–water partition coefficient (Wildman–Crippen LogP) is 4.29. The van der Waals surface area contributed by atoms with Gasteiger partial charge in [-0.1, -0.05) is 30.3 Å². The zero-order valence-electron chi connectivity index (χ0n) is 11.8. The van der Waals surface area contributed by atoms with Crippen LogP contribution in [0.1, 0.15) is 30.9 Å². The Morgan fingerprint density at radius 1 is 1.15 bits per heavy atom. The molecule has 2 heteroatoms. The van der Waals surface area contributed by atoms with Crippen molar-refractivity contribution in [1.82, 2.24) is 0 Å². The predicted molar refractivity (Wildman–Crippen MR) is 81.3 cm³/mol. The molecule has 100 valence electrons. The van der Waals surface area contributed by atoms with Gasteiger partial charge in [-0.05, 0) is 47.9 Å². The van der Waals surface area contributed by atoms with E-state index >= 15 is 0 Å². The summed E-state index contributed by atoms with van der Waals surface area (Å²) in [5.41, 5.74) is 4.68. The van der Waals surface area contributed by atoms with Crippen molar-refractivity contribution in [2.24, 2.45) is 0 Å². The topological polar surface area (TPSA) is 33.0 Å². The largest absolute Gasteiger partial charge is 0.377 e. The first kappa shape index (κ1) is 12.9. The van der Waals surface area contributed by atoms with Gasteiger partial charge >= 0.3 is 0 Å². The van der Waals surface area contributed by atoms with Crippen LogP contribution in [0.2, 0.25) is 0 Å². The van der Waals surface area contributed by atoms with Gasteiger partial charge in [0.25, 0.3) is 0 Å². The van der Waals surface area contributed by atoms with Gasteiger partial charge in [0.05, 0.1) is 17.7 Å². The number of ether oxygens (including phenoxy) is 1. The summed E-state index contributed by atoms with van der Waals surface area (Å²) >= 11 is 0. The number of allylic oxidation sites excluding steroid dienone is 1. The third-order valence-electron chi connectivity index (χ3n) is 4.27. The molecule has 0 aliphatic heterocycles. The van der Waals surface area contributed by atoms with E-state index < -0.39 is 0 Å². The van der Waals surface area contributed by atoms with E-state index in [0.29, 0.717) is 0 Å². The Morgan fingerprint density at radius 3 is 2.55 bits per heavy atom. The van der Waals surface area contributed by atoms with Gasteiger partial charge in [0.15, 0.2) is 0 Å². The van der Waals surface area contributed by atoms with Crippen molar-refractivity contribution in [2.75, 3.05) is 7.11 Å². The highest BCUT2D eigenvalue weighted by Gasteiger charge is 2.24. The standard InChI is InChI=1S/C18H17NO/c1-12-14(9-10-18(12)20-2)17-8-7-13(11-19)15-5-3-4-6-16(15)17/h3-8,18H,9-10H2,1-2H3. The fraction of sp³-hybridized carbons (Fsp3) is 0.278. The minimum absolute atomic E-state index is 0.236. The number of methoxy groups -OCH3 is 1. The van der Waals surface area contributed by atoms with Crippen molar-refractivity contribution >= 4 is 16.3 Å². The van der Waals surface area contributed by atoms with Crippen LogP contribution < -0.4 is 0 Å². The smallest absolute Gasteiger partial charge is 0.0998 e. The van der Waals surface area contributed by atoms with Gasteiger partial charge in [0.1, 0.15) is 0 Å². The highest BCUT2D eigenvalue weighted by atomic mass is 16.5. The third kappa shape index (κ3) is 1.92. The number of hydrogen-bond acceptors (Lipinski definition) is 2. The van der Waals surface area contributed by atoms with E-state index in [2.05, 4.69) is 25.1 Å². The van der Waals surface area contributed by atoms with Crippen LogP contribution in [0.15, 0.2) is 42.0 Å². The van der Waals surface area contributed by atoms with Crippen molar-refractivity contribution in [3.8, 4) is 6.07 Å². The second kappa shape index (κ2) is 5.11. The second-order valence-electron chi connectivity index (χ2n) is 5.24. The summed E-state index contributed by atoms with van der Waals surface area (Å²) in [7, 11) is 1.77. The van der Waals surface area contributed by atoms with Crippen molar-refractivity contribution in [1.29, 1.82) is 5.26 Å². The SMILES string of the molecule is COC1CCC(c2ccc(C#N)c3ccccc23)=C1C. The molecule has 1 aliphatic carbocycles. The fourth-order valence-corrected chi connectivity index (χ4v) is 3.18. The molecule has 3 rings (SSSR count). The normalized spacial score (nSPS) is 18.6. The maximum atomic E-state index is 9.24. The molecule has 0 aromatic heterocycles. The lowest BCUT2D eigenvalue weighted by atomic mass is 9.93. The zero-order valence-corrected chi connectivity index (χ0v) is 11.8. The van der Waals surface area contributed by atoms with E-state index in [1.54, 1.807) is 7.11 Å². The Bertz CT molecular complexity index is 737. The molecule has 1 unspecified atom stereocenters. The van der Waals surface area contributed by atoms with E-state index in [9.17, 15) is 5.26 Å². The van der Waals surface area contributed by atoms with Crippen LogP contribution in [0.4, 0.5) is 0 Å². The van der Waals surface area contributed by atoms with Crippen LogP contribution in [-0.4, -0.2) is 13.2 Å². The Hall–Kier alpha value is -2.11. The molecule has 0 radical (unpaired) electrons. The molecule has 0 saturated carbocycles. The molecule has 0 bridgehead atoms. The minimum atomic E-state index is 0.236. The number of nitriles is 1. The van der Waals surface area contributed by atoms with Gasteiger partial charge in [-0.25, -0.2) is 0 Å². The van der Waals surface area contributed by atoms with Gasteiger partial charge < -0.3 is 4.74 Å². The van der Waals surface area contributed by atoms with Crippen molar-refractivity contribution in [3.63, 3.8) is 0 Å². The lowest BCUT2D eigenvalue weighted by Gasteiger charge is -2.12. The average molecular weight is 263 g/mol. The summed E-state index contributed by atoms with van der Waals surface area (Å²) < 4.78 is 5.52. The highest BCUT2D eigenvalue weighted by molar-refractivity contribution is 5.98. The summed E-state index contributed by atoms with van der Waals surface area (Å²) in [5, 5.41) is 11.4. The Balaban J connectivity index is 2.24. The Labute approximate surface area is 119 Å². The van der Waals surface area contributed by atoms with Gasteiger partial charge in [0.2, 0.25) is 0 Å². The summed E-state index contributed by atoms with van der Waals surface area (Å²) in [5.74, 6) is 0. The number of hydrogen-bond donors (Lipinski definition) is 0. The van der Waals surface area contributed by atoms with E-state index in [0.717, 1.165) is 29.2 Å². The van der Waals surface area contributed by atoms with Crippen LogP contribution in [0, 0.1) is 11.3 Å². The van der Waals surface area contributed by atoms with E-state index in [1.807, 2.05) is 24.3 Å². The summed E-state index contributed by atoms with van der Waals surface area (Å²) in [4.78, 5) is 0. The van der Waals surface area contributed by atoms with Crippen LogP contribution in [0.5, 0.6) is 0 Å². The maximum Gasteiger partial charge on any atom is 0.0998 e. The second-order valence-corrected chi connectivity index (χ2v) is 5.24. The lowest BCUT2D eigenvalue weighted by molar-refractivity contribution is 0.132. The molecular weight excluding hydrogens is 246 g/mol. The molecule has 0 amide bonds. The number of fused-ring (bicyclic) bond motifs is 1. The molecule has 0 heterocycles. The van der Waals surface area contributed by atoms with Gasteiger partial charge in [0, 0.05) is 12.5 Å².